The minimum absolute atomic E-state index is 0.0158. The molecule has 1 saturated heterocycles. The van der Waals surface area contributed by atoms with Gasteiger partial charge < -0.3 is 14.5 Å². The molecule has 7 heteroatoms. The molecule has 3 rings (SSSR count). The molecule has 30 heavy (non-hydrogen) atoms. The van der Waals surface area contributed by atoms with Crippen LogP contribution in [0.15, 0.2) is 36.5 Å². The number of ether oxygens (including phenoxy) is 1. The summed E-state index contributed by atoms with van der Waals surface area (Å²) in [6.45, 7) is 7.66. The molecule has 1 aliphatic rings. The monoisotopic (exact) mass is 410 g/mol. The Hall–Kier alpha value is -2.96. The SMILES string of the molecule is CCN(CC)C(=O)c1cnc(C2CCCCN2C(=O)COc2ccccc2)nc1C. The number of carbonyl (C=O) groups is 2. The highest BCUT2D eigenvalue weighted by molar-refractivity contribution is 5.94. The summed E-state index contributed by atoms with van der Waals surface area (Å²) in [6.07, 6.45) is 4.37. The first-order valence-electron chi connectivity index (χ1n) is 10.6. The maximum Gasteiger partial charge on any atom is 0.261 e. The summed E-state index contributed by atoms with van der Waals surface area (Å²) in [7, 11) is 0. The van der Waals surface area contributed by atoms with E-state index in [1.165, 1.54) is 0 Å². The maximum absolute atomic E-state index is 12.9. The van der Waals surface area contributed by atoms with Crippen molar-refractivity contribution in [1.29, 1.82) is 0 Å². The predicted molar refractivity (Wildman–Crippen MR) is 114 cm³/mol. The molecule has 0 aliphatic carbocycles. The fourth-order valence-electron chi connectivity index (χ4n) is 3.78. The Labute approximate surface area is 178 Å². The maximum atomic E-state index is 12.9. The van der Waals surface area contributed by atoms with Gasteiger partial charge in [0.2, 0.25) is 0 Å². The first-order valence-corrected chi connectivity index (χ1v) is 10.6. The number of benzene rings is 1. The van der Waals surface area contributed by atoms with Gasteiger partial charge in [-0.2, -0.15) is 0 Å². The standard InChI is InChI=1S/C23H30N4O3/c1-4-26(5-2)23(29)19-15-24-22(25-17(19)3)20-13-9-10-14-27(20)21(28)16-30-18-11-7-6-8-12-18/h6-8,11-12,15,20H,4-5,9-10,13-14,16H2,1-3H3. The second kappa shape index (κ2) is 10.2. The molecule has 160 valence electrons. The zero-order valence-corrected chi connectivity index (χ0v) is 18.0. The Balaban J connectivity index is 1.74. The van der Waals surface area contributed by atoms with E-state index in [0.717, 1.165) is 19.3 Å². The van der Waals surface area contributed by atoms with Crippen molar-refractivity contribution in [1.82, 2.24) is 19.8 Å². The summed E-state index contributed by atoms with van der Waals surface area (Å²) in [5, 5.41) is 0. The van der Waals surface area contributed by atoms with Gasteiger partial charge >= 0.3 is 0 Å². The van der Waals surface area contributed by atoms with E-state index in [-0.39, 0.29) is 24.5 Å². The molecule has 0 saturated carbocycles. The average Bonchev–Trinajstić information content (AvgIpc) is 2.78. The van der Waals surface area contributed by atoms with E-state index >= 15 is 0 Å². The first kappa shape index (κ1) is 21.7. The third-order valence-electron chi connectivity index (χ3n) is 5.51. The summed E-state index contributed by atoms with van der Waals surface area (Å²) in [4.78, 5) is 38.2. The quantitative estimate of drug-likeness (QED) is 0.699. The molecule has 1 unspecified atom stereocenters. The van der Waals surface area contributed by atoms with Crippen molar-refractivity contribution < 1.29 is 14.3 Å². The zero-order chi connectivity index (χ0) is 21.5. The lowest BCUT2D eigenvalue weighted by Crippen LogP contribution is -2.42. The lowest BCUT2D eigenvalue weighted by molar-refractivity contribution is -0.137. The number of aryl methyl sites for hydroxylation is 1. The zero-order valence-electron chi connectivity index (χ0n) is 18.0. The second-order valence-electron chi connectivity index (χ2n) is 7.41. The fourth-order valence-corrected chi connectivity index (χ4v) is 3.78. The molecule has 1 atom stereocenters. The molecule has 1 fully saturated rings. The number of piperidine rings is 1. The molecule has 2 heterocycles. The van der Waals surface area contributed by atoms with Gasteiger partial charge in [0, 0.05) is 25.8 Å². The van der Waals surface area contributed by atoms with Crippen molar-refractivity contribution in [3.05, 3.63) is 53.6 Å². The number of hydrogen-bond donors (Lipinski definition) is 0. The van der Waals surface area contributed by atoms with Crippen LogP contribution in [0.5, 0.6) is 5.75 Å². The minimum Gasteiger partial charge on any atom is -0.484 e. The van der Waals surface area contributed by atoms with E-state index in [9.17, 15) is 9.59 Å². The number of carbonyl (C=O) groups excluding carboxylic acids is 2. The molecule has 0 spiro atoms. The van der Waals surface area contributed by atoms with Gasteiger partial charge in [0.25, 0.3) is 11.8 Å². The Morgan fingerprint density at radius 2 is 1.90 bits per heavy atom. The summed E-state index contributed by atoms with van der Waals surface area (Å²) in [5.41, 5.74) is 1.17. The number of amides is 2. The Morgan fingerprint density at radius 1 is 1.17 bits per heavy atom. The van der Waals surface area contributed by atoms with Gasteiger partial charge in [-0.3, -0.25) is 9.59 Å². The van der Waals surface area contributed by atoms with Crippen LogP contribution in [0.2, 0.25) is 0 Å². The van der Waals surface area contributed by atoms with Crippen molar-refractivity contribution >= 4 is 11.8 Å². The highest BCUT2D eigenvalue weighted by Crippen LogP contribution is 2.29. The van der Waals surface area contributed by atoms with Gasteiger partial charge in [-0.1, -0.05) is 18.2 Å². The van der Waals surface area contributed by atoms with E-state index in [1.54, 1.807) is 11.1 Å². The van der Waals surface area contributed by atoms with Crippen molar-refractivity contribution in [3.63, 3.8) is 0 Å². The predicted octanol–water partition coefficient (Wildman–Crippen LogP) is 3.40. The lowest BCUT2D eigenvalue weighted by Gasteiger charge is -2.34. The molecular weight excluding hydrogens is 380 g/mol. The van der Waals surface area contributed by atoms with E-state index in [0.29, 0.717) is 42.5 Å². The number of hydrogen-bond acceptors (Lipinski definition) is 5. The molecule has 1 aliphatic heterocycles. The molecule has 0 bridgehead atoms. The van der Waals surface area contributed by atoms with Crippen LogP contribution in [0.25, 0.3) is 0 Å². The van der Waals surface area contributed by atoms with Crippen molar-refractivity contribution in [2.24, 2.45) is 0 Å². The van der Waals surface area contributed by atoms with E-state index < -0.39 is 0 Å². The number of nitrogens with zero attached hydrogens (tertiary/aromatic N) is 4. The van der Waals surface area contributed by atoms with Crippen LogP contribution in [0.4, 0.5) is 0 Å². The topological polar surface area (TPSA) is 75.6 Å². The van der Waals surface area contributed by atoms with Crippen molar-refractivity contribution in [2.45, 2.75) is 46.1 Å². The average molecular weight is 411 g/mol. The fraction of sp³-hybridized carbons (Fsp3) is 0.478. The molecule has 0 N–H and O–H groups in total. The molecule has 2 amide bonds. The Bertz CT molecular complexity index is 868. The molecular formula is C23H30N4O3. The third-order valence-corrected chi connectivity index (χ3v) is 5.51. The summed E-state index contributed by atoms with van der Waals surface area (Å²) in [6, 6.07) is 9.13. The number of para-hydroxylation sites is 1. The third kappa shape index (κ3) is 4.96. The van der Waals surface area contributed by atoms with Crippen LogP contribution < -0.4 is 4.74 Å². The van der Waals surface area contributed by atoms with Crippen LogP contribution in [0.3, 0.4) is 0 Å². The molecule has 7 nitrogen and oxygen atoms in total. The van der Waals surface area contributed by atoms with Crippen molar-refractivity contribution in [3.8, 4) is 5.75 Å². The Kier molecular flexibility index (Phi) is 7.38. The van der Waals surface area contributed by atoms with Crippen LogP contribution >= 0.6 is 0 Å². The molecule has 0 radical (unpaired) electrons. The Morgan fingerprint density at radius 3 is 2.57 bits per heavy atom. The normalized spacial score (nSPS) is 16.2. The largest absolute Gasteiger partial charge is 0.484 e. The lowest BCUT2D eigenvalue weighted by atomic mass is 10.0. The molecule has 1 aromatic carbocycles. The van der Waals surface area contributed by atoms with Gasteiger partial charge in [0.15, 0.2) is 12.4 Å². The van der Waals surface area contributed by atoms with E-state index in [1.807, 2.05) is 56.0 Å². The molecule has 1 aromatic heterocycles. The van der Waals surface area contributed by atoms with E-state index in [4.69, 9.17) is 4.74 Å². The summed E-state index contributed by atoms with van der Waals surface area (Å²) < 4.78 is 5.65. The smallest absolute Gasteiger partial charge is 0.261 e. The van der Waals surface area contributed by atoms with Gasteiger partial charge in [0.05, 0.1) is 17.3 Å². The van der Waals surface area contributed by atoms with Crippen LogP contribution in [-0.4, -0.2) is 57.8 Å². The van der Waals surface area contributed by atoms with Gasteiger partial charge in [-0.25, -0.2) is 9.97 Å². The summed E-state index contributed by atoms with van der Waals surface area (Å²) in [5.74, 6) is 1.13. The number of rotatable bonds is 7. The second-order valence-corrected chi connectivity index (χ2v) is 7.41. The number of likely N-dealkylation sites (tertiary alicyclic amines) is 1. The first-order chi connectivity index (χ1) is 14.5. The van der Waals surface area contributed by atoms with Crippen LogP contribution in [-0.2, 0) is 4.79 Å². The minimum atomic E-state index is -0.193. The van der Waals surface area contributed by atoms with E-state index in [2.05, 4.69) is 9.97 Å². The molecule has 2 aromatic rings. The van der Waals surface area contributed by atoms with Gasteiger partial charge in [0.1, 0.15) is 5.75 Å². The number of aromatic nitrogens is 2. The van der Waals surface area contributed by atoms with Crippen LogP contribution in [0, 0.1) is 6.92 Å². The van der Waals surface area contributed by atoms with Crippen LogP contribution in [0.1, 0.15) is 61.0 Å². The van der Waals surface area contributed by atoms with Gasteiger partial charge in [-0.05, 0) is 52.2 Å². The highest BCUT2D eigenvalue weighted by atomic mass is 16.5. The highest BCUT2D eigenvalue weighted by Gasteiger charge is 2.31. The summed E-state index contributed by atoms with van der Waals surface area (Å²) >= 11 is 0. The van der Waals surface area contributed by atoms with Gasteiger partial charge in [-0.15, -0.1) is 0 Å². The van der Waals surface area contributed by atoms with Crippen molar-refractivity contribution in [2.75, 3.05) is 26.2 Å².